The normalized spacial score (nSPS) is 24.8. The third-order valence-electron chi connectivity index (χ3n) is 6.01. The lowest BCUT2D eigenvalue weighted by atomic mass is 9.82. The number of hydrogen-bond acceptors (Lipinski definition) is 5. The van der Waals surface area contributed by atoms with Crippen LogP contribution in [0.4, 0.5) is 0 Å². The summed E-state index contributed by atoms with van der Waals surface area (Å²) in [7, 11) is 1.61. The number of piperidine rings is 1. The van der Waals surface area contributed by atoms with Crippen LogP contribution in [0.25, 0.3) is 5.65 Å². The average molecular weight is 357 g/mol. The molecule has 0 spiro atoms. The van der Waals surface area contributed by atoms with Gasteiger partial charge in [-0.2, -0.15) is 4.52 Å². The molecule has 1 aliphatic heterocycles. The number of fused-ring (bicyclic) bond motifs is 1. The number of nitrogens with zero attached hydrogens (tertiary/aromatic N) is 5. The second-order valence-electron chi connectivity index (χ2n) is 7.76. The second kappa shape index (κ2) is 7.21. The zero-order chi connectivity index (χ0) is 18.1. The molecule has 2 aromatic rings. The maximum atomic E-state index is 12.8. The van der Waals surface area contributed by atoms with Crippen LogP contribution in [0.1, 0.15) is 57.2 Å². The van der Waals surface area contributed by atoms with Crippen LogP contribution >= 0.6 is 0 Å². The highest BCUT2D eigenvalue weighted by Gasteiger charge is 2.32. The Bertz CT molecular complexity index is 773. The standard InChI is InChI=1S/C19H27N5O2/c1-13-3-5-15(6-4-13)19(25)23-11-9-14(10-12-23)18-21-20-16-7-8-17(26-2)22-24(16)18/h7-8,13-15H,3-6,9-12H2,1-2H3. The largest absolute Gasteiger partial charge is 0.480 e. The van der Waals surface area contributed by atoms with Gasteiger partial charge in [0.15, 0.2) is 11.5 Å². The average Bonchev–Trinajstić information content (AvgIpc) is 3.11. The smallest absolute Gasteiger partial charge is 0.231 e. The van der Waals surface area contributed by atoms with Crippen molar-refractivity contribution in [3.8, 4) is 5.88 Å². The Hall–Kier alpha value is -2.18. The molecular formula is C19H27N5O2. The van der Waals surface area contributed by atoms with E-state index in [4.69, 9.17) is 4.74 Å². The van der Waals surface area contributed by atoms with Gasteiger partial charge in [-0.25, -0.2) is 0 Å². The number of hydrogen-bond donors (Lipinski definition) is 0. The Kier molecular flexibility index (Phi) is 4.78. The molecule has 7 nitrogen and oxygen atoms in total. The van der Waals surface area contributed by atoms with E-state index in [1.807, 2.05) is 6.07 Å². The van der Waals surface area contributed by atoms with Crippen molar-refractivity contribution in [3.05, 3.63) is 18.0 Å². The molecule has 4 rings (SSSR count). The van der Waals surface area contributed by atoms with E-state index >= 15 is 0 Å². The van der Waals surface area contributed by atoms with E-state index in [1.54, 1.807) is 17.7 Å². The lowest BCUT2D eigenvalue weighted by Crippen LogP contribution is -2.42. The second-order valence-corrected chi connectivity index (χ2v) is 7.76. The minimum atomic E-state index is 0.239. The van der Waals surface area contributed by atoms with Gasteiger partial charge in [0.05, 0.1) is 7.11 Å². The van der Waals surface area contributed by atoms with Crippen molar-refractivity contribution in [1.82, 2.24) is 24.7 Å². The van der Waals surface area contributed by atoms with E-state index in [0.717, 1.165) is 56.2 Å². The summed E-state index contributed by atoms with van der Waals surface area (Å²) in [5.41, 5.74) is 0.732. The summed E-state index contributed by atoms with van der Waals surface area (Å²) in [6.45, 7) is 3.89. The summed E-state index contributed by atoms with van der Waals surface area (Å²) >= 11 is 0. The third kappa shape index (κ3) is 3.27. The van der Waals surface area contributed by atoms with E-state index in [1.165, 1.54) is 12.8 Å². The van der Waals surface area contributed by atoms with Gasteiger partial charge in [-0.1, -0.05) is 6.92 Å². The minimum absolute atomic E-state index is 0.239. The van der Waals surface area contributed by atoms with Crippen molar-refractivity contribution in [2.24, 2.45) is 11.8 Å². The van der Waals surface area contributed by atoms with E-state index in [-0.39, 0.29) is 11.8 Å². The fourth-order valence-electron chi connectivity index (χ4n) is 4.28. The van der Waals surface area contributed by atoms with Gasteiger partial charge in [-0.15, -0.1) is 15.3 Å². The highest BCUT2D eigenvalue weighted by atomic mass is 16.5. The van der Waals surface area contributed by atoms with Crippen molar-refractivity contribution in [3.63, 3.8) is 0 Å². The quantitative estimate of drug-likeness (QED) is 0.844. The molecule has 1 amide bonds. The molecule has 0 radical (unpaired) electrons. The maximum absolute atomic E-state index is 12.8. The van der Waals surface area contributed by atoms with Crippen LogP contribution in [-0.4, -0.2) is 50.8 Å². The maximum Gasteiger partial charge on any atom is 0.231 e. The van der Waals surface area contributed by atoms with Gasteiger partial charge in [0.25, 0.3) is 0 Å². The van der Waals surface area contributed by atoms with Crippen LogP contribution in [0, 0.1) is 11.8 Å². The molecule has 0 aromatic carbocycles. The number of ether oxygens (including phenoxy) is 1. The number of carbonyl (C=O) groups excluding carboxylic acids is 1. The summed E-state index contributed by atoms with van der Waals surface area (Å²) in [5, 5.41) is 13.0. The topological polar surface area (TPSA) is 72.6 Å². The molecule has 0 atom stereocenters. The molecule has 1 saturated heterocycles. The van der Waals surface area contributed by atoms with Gasteiger partial charge in [0, 0.05) is 31.0 Å². The molecule has 1 saturated carbocycles. The van der Waals surface area contributed by atoms with E-state index in [2.05, 4.69) is 27.1 Å². The van der Waals surface area contributed by atoms with Gasteiger partial charge in [0.1, 0.15) is 0 Å². The number of likely N-dealkylation sites (tertiary alicyclic amines) is 1. The van der Waals surface area contributed by atoms with Gasteiger partial charge in [-0.05, 0) is 50.5 Å². The zero-order valence-electron chi connectivity index (χ0n) is 15.6. The van der Waals surface area contributed by atoms with Crippen LogP contribution in [0.15, 0.2) is 12.1 Å². The Balaban J connectivity index is 1.41. The SMILES string of the molecule is COc1ccc2nnc(C3CCN(C(=O)C4CCC(C)CC4)CC3)n2n1. The first-order chi connectivity index (χ1) is 12.7. The lowest BCUT2D eigenvalue weighted by molar-refractivity contribution is -0.137. The fraction of sp³-hybridized carbons (Fsp3) is 0.684. The first kappa shape index (κ1) is 17.2. The predicted octanol–water partition coefficient (Wildman–Crippen LogP) is 2.67. The molecular weight excluding hydrogens is 330 g/mol. The zero-order valence-corrected chi connectivity index (χ0v) is 15.6. The Morgan fingerprint density at radius 3 is 2.50 bits per heavy atom. The van der Waals surface area contributed by atoms with Crippen molar-refractivity contribution < 1.29 is 9.53 Å². The fourth-order valence-corrected chi connectivity index (χ4v) is 4.28. The van der Waals surface area contributed by atoms with Crippen LogP contribution in [-0.2, 0) is 4.79 Å². The van der Waals surface area contributed by atoms with Crippen molar-refractivity contribution in [1.29, 1.82) is 0 Å². The molecule has 2 aliphatic rings. The van der Waals surface area contributed by atoms with Crippen LogP contribution in [0.2, 0.25) is 0 Å². The van der Waals surface area contributed by atoms with Gasteiger partial charge < -0.3 is 9.64 Å². The number of amides is 1. The van der Waals surface area contributed by atoms with Gasteiger partial charge in [0.2, 0.25) is 11.8 Å². The van der Waals surface area contributed by atoms with Crippen molar-refractivity contribution in [2.45, 2.75) is 51.4 Å². The van der Waals surface area contributed by atoms with Gasteiger partial charge >= 0.3 is 0 Å². The molecule has 2 fully saturated rings. The summed E-state index contributed by atoms with van der Waals surface area (Å²) in [4.78, 5) is 14.9. The molecule has 140 valence electrons. The van der Waals surface area contributed by atoms with E-state index < -0.39 is 0 Å². The molecule has 3 heterocycles. The molecule has 26 heavy (non-hydrogen) atoms. The first-order valence-electron chi connectivity index (χ1n) is 9.71. The minimum Gasteiger partial charge on any atom is -0.480 e. The van der Waals surface area contributed by atoms with E-state index in [0.29, 0.717) is 11.8 Å². The molecule has 7 heteroatoms. The predicted molar refractivity (Wildman–Crippen MR) is 97.0 cm³/mol. The summed E-state index contributed by atoms with van der Waals surface area (Å²) < 4.78 is 7.00. The molecule has 0 unspecified atom stereocenters. The monoisotopic (exact) mass is 357 g/mol. The van der Waals surface area contributed by atoms with Crippen LogP contribution in [0.5, 0.6) is 5.88 Å². The number of carbonyl (C=O) groups is 1. The van der Waals surface area contributed by atoms with Crippen LogP contribution < -0.4 is 4.74 Å². The Labute approximate surface area is 153 Å². The lowest BCUT2D eigenvalue weighted by Gasteiger charge is -2.35. The molecule has 1 aliphatic carbocycles. The number of rotatable bonds is 3. The third-order valence-corrected chi connectivity index (χ3v) is 6.01. The Morgan fingerprint density at radius 1 is 1.08 bits per heavy atom. The molecule has 2 aromatic heterocycles. The highest BCUT2D eigenvalue weighted by Crippen LogP contribution is 2.32. The van der Waals surface area contributed by atoms with Crippen LogP contribution in [0.3, 0.4) is 0 Å². The summed E-state index contributed by atoms with van der Waals surface area (Å²) in [6, 6.07) is 3.66. The van der Waals surface area contributed by atoms with Gasteiger partial charge in [-0.3, -0.25) is 4.79 Å². The summed E-state index contributed by atoms with van der Waals surface area (Å²) in [6.07, 6.45) is 6.30. The first-order valence-corrected chi connectivity index (χ1v) is 9.71. The Morgan fingerprint density at radius 2 is 1.81 bits per heavy atom. The number of aromatic nitrogens is 4. The summed E-state index contributed by atoms with van der Waals surface area (Å²) in [5.74, 6) is 3.08. The molecule has 0 N–H and O–H groups in total. The number of methoxy groups -OCH3 is 1. The van der Waals surface area contributed by atoms with E-state index in [9.17, 15) is 4.79 Å². The van der Waals surface area contributed by atoms with Crippen molar-refractivity contribution in [2.75, 3.05) is 20.2 Å². The molecule has 0 bridgehead atoms. The van der Waals surface area contributed by atoms with Crippen molar-refractivity contribution >= 4 is 11.6 Å². The highest BCUT2D eigenvalue weighted by molar-refractivity contribution is 5.79.